The molecule has 0 bridgehead atoms. The fraction of sp³-hybridized carbons (Fsp3) is 0.0588. The van der Waals surface area contributed by atoms with E-state index in [2.05, 4.69) is 15.5 Å². The molecular weight excluding hydrogens is 333 g/mol. The lowest BCUT2D eigenvalue weighted by molar-refractivity contribution is 0.102. The second kappa shape index (κ2) is 6.44. The number of rotatable bonds is 3. The van der Waals surface area contributed by atoms with Gasteiger partial charge in [0.05, 0.1) is 27.1 Å². The van der Waals surface area contributed by atoms with Gasteiger partial charge >= 0.3 is 0 Å². The normalized spacial score (nSPS) is 10.6. The van der Waals surface area contributed by atoms with E-state index < -0.39 is 0 Å². The summed E-state index contributed by atoms with van der Waals surface area (Å²) >= 11 is 11.8. The van der Waals surface area contributed by atoms with Gasteiger partial charge in [-0.05, 0) is 25.1 Å². The summed E-state index contributed by atoms with van der Waals surface area (Å²) in [6.07, 6.45) is 0. The van der Waals surface area contributed by atoms with Gasteiger partial charge < -0.3 is 5.32 Å². The first-order valence-corrected chi connectivity index (χ1v) is 7.68. The fourth-order valence-corrected chi connectivity index (χ4v) is 2.52. The van der Waals surface area contributed by atoms with E-state index in [0.717, 1.165) is 11.3 Å². The molecule has 0 aliphatic carbocycles. The molecule has 0 saturated carbocycles. The van der Waals surface area contributed by atoms with Crippen LogP contribution >= 0.6 is 23.2 Å². The van der Waals surface area contributed by atoms with Crippen molar-refractivity contribution in [3.05, 3.63) is 69.8 Å². The van der Waals surface area contributed by atoms with Gasteiger partial charge in [0.25, 0.3) is 5.91 Å². The Kier molecular flexibility index (Phi) is 4.37. The highest BCUT2D eigenvalue weighted by Gasteiger charge is 2.16. The quantitative estimate of drug-likeness (QED) is 0.705. The van der Waals surface area contributed by atoms with Crippen LogP contribution in [-0.2, 0) is 0 Å². The van der Waals surface area contributed by atoms with Gasteiger partial charge in [-0.25, -0.2) is 0 Å². The lowest BCUT2D eigenvalue weighted by Crippen LogP contribution is -2.12. The Morgan fingerprint density at radius 3 is 2.52 bits per heavy atom. The molecule has 0 unspecified atom stereocenters. The second-order valence-electron chi connectivity index (χ2n) is 5.01. The molecule has 2 aromatic carbocycles. The summed E-state index contributed by atoms with van der Waals surface area (Å²) in [5.41, 5.74) is 3.48. The third-order valence-electron chi connectivity index (χ3n) is 3.43. The molecule has 0 fully saturated rings. The number of carbonyl (C=O) groups is 1. The molecule has 4 nitrogen and oxygen atoms in total. The van der Waals surface area contributed by atoms with Gasteiger partial charge in [0.15, 0.2) is 0 Å². The zero-order valence-electron chi connectivity index (χ0n) is 12.2. The highest BCUT2D eigenvalue weighted by Crippen LogP contribution is 2.29. The number of aryl methyl sites for hydroxylation is 1. The molecule has 3 aromatic rings. The highest BCUT2D eigenvalue weighted by molar-refractivity contribution is 6.42. The SMILES string of the molecule is Cc1n[nH]c(-c2ccccc2)c1NC(=O)c1ccc(Cl)c(Cl)c1. The van der Waals surface area contributed by atoms with Gasteiger partial charge in [-0.2, -0.15) is 5.10 Å². The number of amides is 1. The summed E-state index contributed by atoms with van der Waals surface area (Å²) in [6.45, 7) is 1.83. The van der Waals surface area contributed by atoms with Crippen LogP contribution in [0.4, 0.5) is 5.69 Å². The monoisotopic (exact) mass is 345 g/mol. The van der Waals surface area contributed by atoms with Gasteiger partial charge in [0.1, 0.15) is 0 Å². The minimum Gasteiger partial charge on any atom is -0.319 e. The molecule has 0 saturated heterocycles. The maximum Gasteiger partial charge on any atom is 0.255 e. The minimum atomic E-state index is -0.273. The molecule has 6 heteroatoms. The molecule has 0 aliphatic heterocycles. The highest BCUT2D eigenvalue weighted by atomic mass is 35.5. The summed E-state index contributed by atoms with van der Waals surface area (Å²) in [5.74, 6) is -0.273. The number of halogens is 2. The van der Waals surface area contributed by atoms with Crippen molar-refractivity contribution in [1.29, 1.82) is 0 Å². The zero-order valence-corrected chi connectivity index (χ0v) is 13.7. The van der Waals surface area contributed by atoms with Crippen LogP contribution in [-0.4, -0.2) is 16.1 Å². The van der Waals surface area contributed by atoms with Crippen LogP contribution < -0.4 is 5.32 Å². The summed E-state index contributed by atoms with van der Waals surface area (Å²) in [7, 11) is 0. The molecule has 0 spiro atoms. The van der Waals surface area contributed by atoms with Crippen molar-refractivity contribution in [2.24, 2.45) is 0 Å². The molecule has 3 rings (SSSR count). The number of anilines is 1. The lowest BCUT2D eigenvalue weighted by atomic mass is 10.1. The number of nitrogens with one attached hydrogen (secondary N) is 2. The fourth-order valence-electron chi connectivity index (χ4n) is 2.22. The minimum absolute atomic E-state index is 0.273. The van der Waals surface area contributed by atoms with Crippen molar-refractivity contribution in [3.8, 4) is 11.3 Å². The molecule has 116 valence electrons. The van der Waals surface area contributed by atoms with Crippen molar-refractivity contribution in [2.45, 2.75) is 6.92 Å². The number of aromatic amines is 1. The average Bonchev–Trinajstić information content (AvgIpc) is 2.92. The van der Waals surface area contributed by atoms with E-state index in [1.807, 2.05) is 37.3 Å². The predicted octanol–water partition coefficient (Wildman–Crippen LogP) is 4.94. The van der Waals surface area contributed by atoms with Crippen LogP contribution in [0.15, 0.2) is 48.5 Å². The maximum atomic E-state index is 12.5. The molecule has 23 heavy (non-hydrogen) atoms. The summed E-state index contributed by atoms with van der Waals surface area (Å²) in [6, 6.07) is 14.4. The van der Waals surface area contributed by atoms with Crippen LogP contribution in [0.5, 0.6) is 0 Å². The van der Waals surface area contributed by atoms with Gasteiger partial charge in [0.2, 0.25) is 0 Å². The number of nitrogens with zero attached hydrogens (tertiary/aromatic N) is 1. The van der Waals surface area contributed by atoms with Crippen molar-refractivity contribution < 1.29 is 4.79 Å². The summed E-state index contributed by atoms with van der Waals surface area (Å²) in [5, 5.41) is 10.8. The molecule has 1 aromatic heterocycles. The molecule has 2 N–H and O–H groups in total. The Morgan fingerprint density at radius 2 is 1.83 bits per heavy atom. The number of hydrogen-bond donors (Lipinski definition) is 2. The van der Waals surface area contributed by atoms with E-state index in [1.54, 1.807) is 12.1 Å². The van der Waals surface area contributed by atoms with Crippen LogP contribution in [0, 0.1) is 6.92 Å². The molecule has 0 atom stereocenters. The number of H-pyrrole nitrogens is 1. The molecule has 1 heterocycles. The Balaban J connectivity index is 1.92. The number of hydrogen-bond acceptors (Lipinski definition) is 2. The molecule has 1 amide bonds. The van der Waals surface area contributed by atoms with Crippen LogP contribution in [0.2, 0.25) is 10.0 Å². The number of carbonyl (C=O) groups excluding carboxylic acids is 1. The second-order valence-corrected chi connectivity index (χ2v) is 5.82. The van der Waals surface area contributed by atoms with Gasteiger partial charge in [-0.3, -0.25) is 9.89 Å². The summed E-state index contributed by atoms with van der Waals surface area (Å²) in [4.78, 5) is 12.5. The van der Waals surface area contributed by atoms with Crippen molar-refractivity contribution in [2.75, 3.05) is 5.32 Å². The standard InChI is InChI=1S/C17H13Cl2N3O/c1-10-15(16(22-21-10)11-5-3-2-4-6-11)20-17(23)12-7-8-13(18)14(19)9-12/h2-9H,1H3,(H,20,23)(H,21,22). The van der Waals surface area contributed by atoms with Crippen molar-refractivity contribution in [1.82, 2.24) is 10.2 Å². The van der Waals surface area contributed by atoms with Crippen molar-refractivity contribution >= 4 is 34.8 Å². The largest absolute Gasteiger partial charge is 0.319 e. The third kappa shape index (κ3) is 3.23. The smallest absolute Gasteiger partial charge is 0.255 e. The lowest BCUT2D eigenvalue weighted by Gasteiger charge is -2.08. The van der Waals surface area contributed by atoms with E-state index >= 15 is 0 Å². The molecule has 0 radical (unpaired) electrons. The third-order valence-corrected chi connectivity index (χ3v) is 4.17. The Labute approximate surface area is 143 Å². The van der Waals surface area contributed by atoms with E-state index in [9.17, 15) is 4.79 Å². The van der Waals surface area contributed by atoms with E-state index in [0.29, 0.717) is 27.0 Å². The first-order valence-electron chi connectivity index (χ1n) is 6.93. The number of benzene rings is 2. The predicted molar refractivity (Wildman–Crippen MR) is 93.2 cm³/mol. The van der Waals surface area contributed by atoms with Crippen LogP contribution in [0.1, 0.15) is 16.1 Å². The Hall–Kier alpha value is -2.30. The topological polar surface area (TPSA) is 57.8 Å². The van der Waals surface area contributed by atoms with Crippen LogP contribution in [0.25, 0.3) is 11.3 Å². The summed E-state index contributed by atoms with van der Waals surface area (Å²) < 4.78 is 0. The average molecular weight is 346 g/mol. The zero-order chi connectivity index (χ0) is 16.4. The first kappa shape index (κ1) is 15.6. The molecule has 0 aliphatic rings. The Bertz CT molecular complexity index is 860. The van der Waals surface area contributed by atoms with Gasteiger partial charge in [-0.1, -0.05) is 53.5 Å². The number of aromatic nitrogens is 2. The van der Waals surface area contributed by atoms with Crippen LogP contribution in [0.3, 0.4) is 0 Å². The van der Waals surface area contributed by atoms with Crippen molar-refractivity contribution in [3.63, 3.8) is 0 Å². The van der Waals surface area contributed by atoms with E-state index in [1.165, 1.54) is 6.07 Å². The van der Waals surface area contributed by atoms with Gasteiger partial charge in [0, 0.05) is 11.1 Å². The molecular formula is C17H13Cl2N3O. The first-order chi connectivity index (χ1) is 11.1. The van der Waals surface area contributed by atoms with E-state index in [4.69, 9.17) is 23.2 Å². The maximum absolute atomic E-state index is 12.5. The van der Waals surface area contributed by atoms with E-state index in [-0.39, 0.29) is 5.91 Å². The van der Waals surface area contributed by atoms with Gasteiger partial charge in [-0.15, -0.1) is 0 Å². The Morgan fingerprint density at radius 1 is 1.09 bits per heavy atom.